The third kappa shape index (κ3) is 18.9. The summed E-state index contributed by atoms with van der Waals surface area (Å²) < 4.78 is 9.71. The maximum absolute atomic E-state index is 11.2. The third-order valence-electron chi connectivity index (χ3n) is 4.97. The van der Waals surface area contributed by atoms with Gasteiger partial charge in [-0.3, -0.25) is 4.79 Å². The van der Waals surface area contributed by atoms with Gasteiger partial charge in [0.2, 0.25) is 0 Å². The Morgan fingerprint density at radius 1 is 0.889 bits per heavy atom. The van der Waals surface area contributed by atoms with Gasteiger partial charge in [-0.2, -0.15) is 0 Å². The molecule has 0 saturated carbocycles. The number of aliphatic hydroxyl groups excluding tert-OH is 1. The molecule has 36 heavy (non-hydrogen) atoms. The molecule has 3 rings (SSSR count). The Balaban J connectivity index is -0.000000496. The number of nitrogens with one attached hydrogen (secondary N) is 2. The molecule has 0 amide bonds. The SMILES string of the molecule is C1CCOC1.COCC(=O)CCNc1cc(C)cc(C)c1.Cc1cc(C)cc(NCCCO)c1.[AlH3].[H-].[Li+]. The monoisotopic (exact) mass is 510 g/mol. The number of methoxy groups -OCH3 is 1. The minimum atomic E-state index is 0. The number of carbonyl (C=O) groups excluding carboxylic acids is 1. The Morgan fingerprint density at radius 3 is 1.69 bits per heavy atom. The van der Waals surface area contributed by atoms with Gasteiger partial charge in [-0.15, -0.1) is 0 Å². The summed E-state index contributed by atoms with van der Waals surface area (Å²) >= 11 is 0. The molecule has 1 heterocycles. The van der Waals surface area contributed by atoms with Crippen molar-refractivity contribution in [2.45, 2.75) is 53.4 Å². The quantitative estimate of drug-likeness (QED) is 0.329. The van der Waals surface area contributed by atoms with E-state index >= 15 is 0 Å². The average Bonchev–Trinajstić information content (AvgIpc) is 3.34. The smallest absolute Gasteiger partial charge is 1.00 e. The Kier molecular flexibility index (Phi) is 23.4. The van der Waals surface area contributed by atoms with Crippen molar-refractivity contribution in [1.29, 1.82) is 0 Å². The van der Waals surface area contributed by atoms with E-state index < -0.39 is 0 Å². The molecular weight excluding hydrogens is 462 g/mol. The minimum Gasteiger partial charge on any atom is -1.00 e. The summed E-state index contributed by atoms with van der Waals surface area (Å²) in [5.41, 5.74) is 7.21. The molecule has 198 valence electrons. The zero-order chi connectivity index (χ0) is 25.2. The fourth-order valence-corrected chi connectivity index (χ4v) is 3.55. The van der Waals surface area contributed by atoms with Gasteiger partial charge in [-0.25, -0.2) is 0 Å². The maximum atomic E-state index is 11.2. The average molecular weight is 511 g/mol. The van der Waals surface area contributed by atoms with Crippen LogP contribution in [0.15, 0.2) is 36.4 Å². The standard InChI is InChI=1S/C13H19NO2.C11H17NO.C4H8O.Al.Li.4H/c1-10-6-11(2)8-12(7-10)14-5-4-13(15)9-16-3;1-9-6-10(2)8-11(7-9)12-4-3-5-13;1-2-4-5-3-1;;;;;;/h6-8,14H,4-5,9H2,1-3H3;6-8,12-13H,3-5H2,1-2H3;1-4H2;;;;;;/q;;;;+1;;;;-1. The number of hydrogen-bond acceptors (Lipinski definition) is 6. The number of ketones is 1. The molecule has 0 unspecified atom stereocenters. The summed E-state index contributed by atoms with van der Waals surface area (Å²) in [5.74, 6) is 0.124. The van der Waals surface area contributed by atoms with Gasteiger partial charge in [0.1, 0.15) is 6.61 Å². The van der Waals surface area contributed by atoms with Gasteiger partial charge in [-0.05, 0) is 93.5 Å². The van der Waals surface area contributed by atoms with Crippen LogP contribution in [0.3, 0.4) is 0 Å². The van der Waals surface area contributed by atoms with Crippen molar-refractivity contribution in [2.24, 2.45) is 0 Å². The molecule has 1 fully saturated rings. The van der Waals surface area contributed by atoms with Gasteiger partial charge < -0.3 is 26.6 Å². The van der Waals surface area contributed by atoms with E-state index in [0.29, 0.717) is 13.0 Å². The zero-order valence-corrected chi connectivity index (χ0v) is 22.7. The fourth-order valence-electron chi connectivity index (χ4n) is 3.55. The van der Waals surface area contributed by atoms with Crippen molar-refractivity contribution in [3.8, 4) is 0 Å². The van der Waals surface area contributed by atoms with Gasteiger partial charge in [0.15, 0.2) is 23.1 Å². The Hall–Kier alpha value is -1.28. The van der Waals surface area contributed by atoms with Crippen LogP contribution in [-0.4, -0.2) is 74.9 Å². The second-order valence-corrected chi connectivity index (χ2v) is 8.72. The first-order chi connectivity index (χ1) is 16.3. The second-order valence-electron chi connectivity index (χ2n) is 8.72. The molecule has 1 aliphatic heterocycles. The Morgan fingerprint density at radius 2 is 1.33 bits per heavy atom. The number of aliphatic hydroxyl groups is 1. The largest absolute Gasteiger partial charge is 1.00 e. The zero-order valence-electron chi connectivity index (χ0n) is 23.7. The van der Waals surface area contributed by atoms with E-state index in [9.17, 15) is 4.79 Å². The van der Waals surface area contributed by atoms with Crippen LogP contribution in [0, 0.1) is 27.7 Å². The number of carbonyl (C=O) groups is 1. The van der Waals surface area contributed by atoms with Crippen LogP contribution < -0.4 is 29.5 Å². The molecule has 6 nitrogen and oxygen atoms in total. The van der Waals surface area contributed by atoms with E-state index in [-0.39, 0.29) is 56.6 Å². The van der Waals surface area contributed by atoms with Crippen molar-refractivity contribution in [3.05, 3.63) is 58.7 Å². The summed E-state index contributed by atoms with van der Waals surface area (Å²) in [6.07, 6.45) is 3.85. The molecule has 0 spiro atoms. The number of aryl methyl sites for hydroxylation is 4. The van der Waals surface area contributed by atoms with Crippen LogP contribution in [-0.2, 0) is 14.3 Å². The number of hydrogen-bond donors (Lipinski definition) is 3. The number of anilines is 2. The molecule has 2 aromatic rings. The van der Waals surface area contributed by atoms with Gasteiger partial charge in [-0.1, -0.05) is 12.1 Å². The first-order valence-electron chi connectivity index (χ1n) is 12.2. The predicted molar refractivity (Wildman–Crippen MR) is 153 cm³/mol. The molecule has 0 aliphatic carbocycles. The van der Waals surface area contributed by atoms with Gasteiger partial charge >= 0.3 is 18.9 Å². The van der Waals surface area contributed by atoms with Crippen molar-refractivity contribution < 1.29 is 39.7 Å². The molecule has 0 radical (unpaired) electrons. The van der Waals surface area contributed by atoms with Crippen LogP contribution in [0.1, 0.15) is 49.4 Å². The van der Waals surface area contributed by atoms with Gasteiger partial charge in [0.25, 0.3) is 0 Å². The first-order valence-corrected chi connectivity index (χ1v) is 12.2. The molecule has 1 saturated heterocycles. The summed E-state index contributed by atoms with van der Waals surface area (Å²) in [4.78, 5) is 11.2. The van der Waals surface area contributed by atoms with E-state index in [2.05, 4.69) is 74.7 Å². The first kappa shape index (κ1) is 36.9. The fraction of sp³-hybridized carbons (Fsp3) is 0.536. The van der Waals surface area contributed by atoms with Crippen LogP contribution in [0.4, 0.5) is 11.4 Å². The number of rotatable bonds is 10. The van der Waals surface area contributed by atoms with E-state index in [1.807, 2.05) is 0 Å². The molecule has 0 aromatic heterocycles. The molecule has 3 N–H and O–H groups in total. The molecular formula is C28H48AlLiN2O4. The number of Topliss-reactive ketones (excluding diaryl/α,β-unsaturated/α-hetero) is 1. The molecule has 0 bridgehead atoms. The van der Waals surface area contributed by atoms with Crippen LogP contribution >= 0.6 is 0 Å². The molecule has 0 atom stereocenters. The summed E-state index contributed by atoms with van der Waals surface area (Å²) in [5, 5.41) is 15.1. The summed E-state index contributed by atoms with van der Waals surface area (Å²) in [6.45, 7) is 12.2. The van der Waals surface area contributed by atoms with E-state index in [1.165, 1.54) is 42.2 Å². The normalized spacial score (nSPS) is 11.5. The van der Waals surface area contributed by atoms with Gasteiger partial charge in [0, 0.05) is 57.8 Å². The van der Waals surface area contributed by atoms with E-state index in [0.717, 1.165) is 37.6 Å². The third-order valence-corrected chi connectivity index (χ3v) is 4.97. The second kappa shape index (κ2) is 22.9. The van der Waals surface area contributed by atoms with E-state index in [4.69, 9.17) is 14.6 Å². The number of benzene rings is 2. The summed E-state index contributed by atoms with van der Waals surface area (Å²) in [7, 11) is 1.54. The molecule has 2 aromatic carbocycles. The van der Waals surface area contributed by atoms with E-state index in [1.54, 1.807) is 0 Å². The van der Waals surface area contributed by atoms with Crippen LogP contribution in [0.25, 0.3) is 0 Å². The molecule has 8 heteroatoms. The predicted octanol–water partition coefficient (Wildman–Crippen LogP) is 1.15. The Bertz CT molecular complexity index is 807. The van der Waals surface area contributed by atoms with Crippen LogP contribution in [0.2, 0.25) is 0 Å². The van der Waals surface area contributed by atoms with Crippen molar-refractivity contribution >= 4 is 34.5 Å². The number of ether oxygens (including phenoxy) is 2. The Labute approximate surface area is 242 Å². The maximum Gasteiger partial charge on any atom is 1.00 e. The topological polar surface area (TPSA) is 79.8 Å². The molecule has 1 aliphatic rings. The van der Waals surface area contributed by atoms with Crippen molar-refractivity contribution in [2.75, 3.05) is 57.3 Å². The van der Waals surface area contributed by atoms with Crippen LogP contribution in [0.5, 0.6) is 0 Å². The minimum absolute atomic E-state index is 0. The van der Waals surface area contributed by atoms with Gasteiger partial charge in [0.05, 0.1) is 0 Å². The van der Waals surface area contributed by atoms with Crippen molar-refractivity contribution in [1.82, 2.24) is 0 Å². The van der Waals surface area contributed by atoms with Crippen molar-refractivity contribution in [3.63, 3.8) is 0 Å². The summed E-state index contributed by atoms with van der Waals surface area (Å²) in [6, 6.07) is 12.7.